The predicted molar refractivity (Wildman–Crippen MR) is 97.5 cm³/mol. The van der Waals surface area contributed by atoms with Crippen LogP contribution in [0.1, 0.15) is 42.6 Å². The maximum absolute atomic E-state index is 12.2. The van der Waals surface area contributed by atoms with Crippen molar-refractivity contribution in [3.63, 3.8) is 0 Å². The molecule has 2 aromatic rings. The largest absolute Gasteiger partial charge is 0.396 e. The van der Waals surface area contributed by atoms with E-state index in [4.69, 9.17) is 0 Å². The van der Waals surface area contributed by atoms with Crippen molar-refractivity contribution >= 4 is 17.4 Å². The summed E-state index contributed by atoms with van der Waals surface area (Å²) < 4.78 is 0. The molecule has 1 fully saturated rings. The van der Waals surface area contributed by atoms with Crippen molar-refractivity contribution in [3.05, 3.63) is 48.2 Å². The number of hydrogen-bond acceptors (Lipinski definition) is 5. The number of aliphatic hydroxyl groups excluding tert-OH is 1. The Morgan fingerprint density at radius 1 is 1.04 bits per heavy atom. The van der Waals surface area contributed by atoms with Crippen LogP contribution in [0.25, 0.3) is 0 Å². The van der Waals surface area contributed by atoms with Gasteiger partial charge in [-0.25, -0.2) is 0 Å². The molecule has 1 aromatic carbocycles. The molecule has 1 aliphatic rings. The normalized spacial score (nSPS) is 20.5. The molecule has 3 rings (SSSR count). The third kappa shape index (κ3) is 4.76. The number of amides is 1. The van der Waals surface area contributed by atoms with Crippen LogP contribution in [0.2, 0.25) is 0 Å². The quantitative estimate of drug-likeness (QED) is 0.728. The Balaban J connectivity index is 1.62. The molecule has 1 saturated carbocycles. The number of nitrogens with one attached hydrogen (secondary N) is 2. The lowest BCUT2D eigenvalue weighted by Gasteiger charge is -2.24. The molecule has 25 heavy (non-hydrogen) atoms. The van der Waals surface area contributed by atoms with Crippen LogP contribution in [0.4, 0.5) is 11.5 Å². The second-order valence-electron chi connectivity index (χ2n) is 6.46. The molecule has 0 radical (unpaired) electrons. The Labute approximate surface area is 147 Å². The lowest BCUT2D eigenvalue weighted by atomic mass is 9.96. The number of hydrogen-bond donors (Lipinski definition) is 3. The highest BCUT2D eigenvalue weighted by Crippen LogP contribution is 2.25. The zero-order valence-corrected chi connectivity index (χ0v) is 14.2. The van der Waals surface area contributed by atoms with Gasteiger partial charge in [0.05, 0.1) is 0 Å². The summed E-state index contributed by atoms with van der Waals surface area (Å²) in [6.45, 7) is 0.183. The number of carbonyl (C=O) groups is 1. The molecule has 1 aromatic heterocycles. The summed E-state index contributed by atoms with van der Waals surface area (Å²) in [5.41, 5.74) is 0.995. The van der Waals surface area contributed by atoms with Gasteiger partial charge in [0.15, 0.2) is 5.69 Å². The second-order valence-corrected chi connectivity index (χ2v) is 6.46. The first kappa shape index (κ1) is 17.4. The molecule has 2 atom stereocenters. The lowest BCUT2D eigenvalue weighted by molar-refractivity contribution is 0.102. The SMILES string of the molecule is O=C(Nc1ccccc1)c1ccc(N[C@@H]2CCCCC[C@@H]2CO)nn1. The van der Waals surface area contributed by atoms with Gasteiger partial charge in [0.1, 0.15) is 5.82 Å². The fourth-order valence-corrected chi connectivity index (χ4v) is 3.23. The van der Waals surface area contributed by atoms with Crippen LogP contribution in [0.3, 0.4) is 0 Å². The molecule has 0 bridgehead atoms. The molecule has 132 valence electrons. The van der Waals surface area contributed by atoms with Crippen LogP contribution in [-0.2, 0) is 0 Å². The van der Waals surface area contributed by atoms with E-state index in [1.807, 2.05) is 30.3 Å². The Hall–Kier alpha value is -2.47. The minimum atomic E-state index is -0.284. The summed E-state index contributed by atoms with van der Waals surface area (Å²) in [6, 6.07) is 12.9. The summed E-state index contributed by atoms with van der Waals surface area (Å²) in [7, 11) is 0. The summed E-state index contributed by atoms with van der Waals surface area (Å²) in [4.78, 5) is 12.2. The van der Waals surface area contributed by atoms with Gasteiger partial charge in [0.2, 0.25) is 0 Å². The van der Waals surface area contributed by atoms with E-state index in [2.05, 4.69) is 20.8 Å². The van der Waals surface area contributed by atoms with Gasteiger partial charge in [-0.05, 0) is 37.1 Å². The number of rotatable bonds is 5. The van der Waals surface area contributed by atoms with E-state index in [1.165, 1.54) is 6.42 Å². The minimum Gasteiger partial charge on any atom is -0.396 e. The third-order valence-corrected chi connectivity index (χ3v) is 4.66. The number of carbonyl (C=O) groups excluding carboxylic acids is 1. The number of aliphatic hydroxyl groups is 1. The van der Waals surface area contributed by atoms with Crippen molar-refractivity contribution in [2.75, 3.05) is 17.2 Å². The van der Waals surface area contributed by atoms with Crippen LogP contribution in [-0.4, -0.2) is 33.9 Å². The average Bonchev–Trinajstić information content (AvgIpc) is 2.88. The first-order valence-electron chi connectivity index (χ1n) is 8.84. The van der Waals surface area contributed by atoms with E-state index < -0.39 is 0 Å². The maximum atomic E-state index is 12.2. The van der Waals surface area contributed by atoms with E-state index in [-0.39, 0.29) is 30.2 Å². The summed E-state index contributed by atoms with van der Waals surface area (Å²) in [6.07, 6.45) is 5.56. The zero-order valence-electron chi connectivity index (χ0n) is 14.2. The molecule has 1 amide bonds. The van der Waals surface area contributed by atoms with E-state index in [0.29, 0.717) is 5.82 Å². The van der Waals surface area contributed by atoms with E-state index in [9.17, 15) is 9.90 Å². The molecule has 0 spiro atoms. The Bertz CT molecular complexity index is 676. The topological polar surface area (TPSA) is 87.1 Å². The van der Waals surface area contributed by atoms with E-state index >= 15 is 0 Å². The van der Waals surface area contributed by atoms with Gasteiger partial charge in [0.25, 0.3) is 5.91 Å². The summed E-state index contributed by atoms with van der Waals surface area (Å²) >= 11 is 0. The van der Waals surface area contributed by atoms with Gasteiger partial charge >= 0.3 is 0 Å². The van der Waals surface area contributed by atoms with Gasteiger partial charge in [0, 0.05) is 24.3 Å². The highest BCUT2D eigenvalue weighted by Gasteiger charge is 2.23. The summed E-state index contributed by atoms with van der Waals surface area (Å²) in [5, 5.41) is 23.9. The fourth-order valence-electron chi connectivity index (χ4n) is 3.23. The number of benzene rings is 1. The highest BCUT2D eigenvalue weighted by atomic mass is 16.3. The minimum absolute atomic E-state index is 0.183. The Morgan fingerprint density at radius 2 is 1.84 bits per heavy atom. The zero-order chi connectivity index (χ0) is 17.5. The number of nitrogens with zero attached hydrogens (tertiary/aromatic N) is 2. The van der Waals surface area contributed by atoms with Crippen LogP contribution in [0.5, 0.6) is 0 Å². The van der Waals surface area contributed by atoms with Gasteiger partial charge in [-0.15, -0.1) is 10.2 Å². The molecule has 6 nitrogen and oxygen atoms in total. The third-order valence-electron chi connectivity index (χ3n) is 4.66. The molecular formula is C19H24N4O2. The van der Waals surface area contributed by atoms with Crippen molar-refractivity contribution in [2.24, 2.45) is 5.92 Å². The predicted octanol–water partition coefficient (Wildman–Crippen LogP) is 3.08. The van der Waals surface area contributed by atoms with Crippen molar-refractivity contribution in [1.82, 2.24) is 10.2 Å². The average molecular weight is 340 g/mol. The second kappa shape index (κ2) is 8.58. The van der Waals surface area contributed by atoms with Crippen molar-refractivity contribution < 1.29 is 9.90 Å². The van der Waals surface area contributed by atoms with E-state index in [0.717, 1.165) is 31.4 Å². The van der Waals surface area contributed by atoms with Gasteiger partial charge in [-0.1, -0.05) is 37.5 Å². The molecule has 3 N–H and O–H groups in total. The molecule has 1 aliphatic carbocycles. The first-order valence-corrected chi connectivity index (χ1v) is 8.84. The molecular weight excluding hydrogens is 316 g/mol. The van der Waals surface area contributed by atoms with Crippen LogP contribution in [0, 0.1) is 5.92 Å². The number of anilines is 2. The standard InChI is InChI=1S/C19H24N4O2/c24-13-14-7-3-1-6-10-16(14)21-18-12-11-17(22-23-18)19(25)20-15-8-4-2-5-9-15/h2,4-5,8-9,11-12,14,16,24H,1,3,6-7,10,13H2,(H,20,25)(H,21,23)/t14-,16-/m1/s1. The van der Waals surface area contributed by atoms with Gasteiger partial charge in [-0.2, -0.15) is 0 Å². The van der Waals surface area contributed by atoms with Crippen molar-refractivity contribution in [2.45, 2.75) is 38.1 Å². The Morgan fingerprint density at radius 3 is 2.56 bits per heavy atom. The fraction of sp³-hybridized carbons (Fsp3) is 0.421. The van der Waals surface area contributed by atoms with Crippen LogP contribution < -0.4 is 10.6 Å². The van der Waals surface area contributed by atoms with Crippen LogP contribution in [0.15, 0.2) is 42.5 Å². The molecule has 0 aliphatic heterocycles. The van der Waals surface area contributed by atoms with Gasteiger partial charge in [-0.3, -0.25) is 4.79 Å². The Kier molecular flexibility index (Phi) is 5.95. The van der Waals surface area contributed by atoms with Gasteiger partial charge < -0.3 is 15.7 Å². The number of aromatic nitrogens is 2. The molecule has 0 unspecified atom stereocenters. The first-order chi connectivity index (χ1) is 12.3. The van der Waals surface area contributed by atoms with Crippen LogP contribution >= 0.6 is 0 Å². The highest BCUT2D eigenvalue weighted by molar-refractivity contribution is 6.02. The lowest BCUT2D eigenvalue weighted by Crippen LogP contribution is -2.31. The molecule has 0 saturated heterocycles. The maximum Gasteiger partial charge on any atom is 0.276 e. The monoisotopic (exact) mass is 340 g/mol. The smallest absolute Gasteiger partial charge is 0.276 e. The summed E-state index contributed by atoms with van der Waals surface area (Å²) in [5.74, 6) is 0.597. The van der Waals surface area contributed by atoms with Crippen molar-refractivity contribution in [1.29, 1.82) is 0 Å². The van der Waals surface area contributed by atoms with E-state index in [1.54, 1.807) is 12.1 Å². The number of para-hydroxylation sites is 1. The molecule has 6 heteroatoms. The van der Waals surface area contributed by atoms with Crippen molar-refractivity contribution in [3.8, 4) is 0 Å². The molecule has 1 heterocycles.